The van der Waals surface area contributed by atoms with Gasteiger partial charge in [-0.1, -0.05) is 6.92 Å². The molecule has 0 fully saturated rings. The second-order valence-corrected chi connectivity index (χ2v) is 9.50. The molecule has 0 aliphatic carbocycles. The van der Waals surface area contributed by atoms with Gasteiger partial charge >= 0.3 is 0 Å². The minimum absolute atomic E-state index is 0.0151. The summed E-state index contributed by atoms with van der Waals surface area (Å²) in [6.07, 6.45) is 2.02. The molecule has 1 heterocycles. The molecular formula is C17H20N4O4S2. The number of hydrogen-bond acceptors (Lipinski definition) is 7. The first-order valence-electron chi connectivity index (χ1n) is 8.21. The molecule has 1 aromatic carbocycles. The highest BCUT2D eigenvalue weighted by Crippen LogP contribution is 2.16. The SMILES string of the molecule is CCCS(=O)(=O)c1ccc(S(=O)(=O)NCCNc2ncccc2C#N)cc1. The van der Waals surface area contributed by atoms with Crippen LogP contribution in [0.15, 0.2) is 52.4 Å². The Balaban J connectivity index is 1.97. The van der Waals surface area contributed by atoms with Crippen molar-refractivity contribution in [1.29, 1.82) is 5.26 Å². The first kappa shape index (κ1) is 20.8. The molecule has 0 amide bonds. The van der Waals surface area contributed by atoms with Gasteiger partial charge in [0, 0.05) is 19.3 Å². The average molecular weight is 409 g/mol. The minimum atomic E-state index is -3.78. The summed E-state index contributed by atoms with van der Waals surface area (Å²) in [7, 11) is -7.16. The number of benzene rings is 1. The van der Waals surface area contributed by atoms with Gasteiger partial charge in [-0.3, -0.25) is 0 Å². The monoisotopic (exact) mass is 408 g/mol. The Morgan fingerprint density at radius 3 is 2.33 bits per heavy atom. The topological polar surface area (TPSA) is 129 Å². The normalized spacial score (nSPS) is 11.7. The van der Waals surface area contributed by atoms with E-state index >= 15 is 0 Å². The maximum atomic E-state index is 12.3. The molecule has 2 rings (SSSR count). The molecule has 144 valence electrons. The Morgan fingerprint density at radius 1 is 1.04 bits per heavy atom. The Bertz CT molecular complexity index is 1030. The van der Waals surface area contributed by atoms with Crippen molar-refractivity contribution in [3.8, 4) is 6.07 Å². The summed E-state index contributed by atoms with van der Waals surface area (Å²) in [6.45, 7) is 2.06. The maximum absolute atomic E-state index is 12.3. The van der Waals surface area contributed by atoms with Crippen molar-refractivity contribution in [3.63, 3.8) is 0 Å². The highest BCUT2D eigenvalue weighted by molar-refractivity contribution is 7.91. The van der Waals surface area contributed by atoms with E-state index in [1.807, 2.05) is 6.07 Å². The van der Waals surface area contributed by atoms with Crippen LogP contribution in [0.25, 0.3) is 0 Å². The van der Waals surface area contributed by atoms with Crippen LogP contribution in [-0.2, 0) is 19.9 Å². The molecule has 0 aliphatic rings. The molecule has 1 aromatic heterocycles. The number of sulfonamides is 1. The second-order valence-electron chi connectivity index (χ2n) is 5.63. The quantitative estimate of drug-likeness (QED) is 0.602. The summed E-state index contributed by atoms with van der Waals surface area (Å²) in [6, 6.07) is 10.4. The molecular weight excluding hydrogens is 388 g/mol. The zero-order valence-electron chi connectivity index (χ0n) is 14.7. The van der Waals surface area contributed by atoms with E-state index in [1.165, 1.54) is 30.5 Å². The molecule has 0 aliphatic heterocycles. The van der Waals surface area contributed by atoms with Crippen LogP contribution in [0.5, 0.6) is 0 Å². The number of pyridine rings is 1. The number of nitrogens with one attached hydrogen (secondary N) is 2. The average Bonchev–Trinajstić information content (AvgIpc) is 2.65. The van der Waals surface area contributed by atoms with Crippen LogP contribution >= 0.6 is 0 Å². The van der Waals surface area contributed by atoms with Gasteiger partial charge in [0.25, 0.3) is 0 Å². The van der Waals surface area contributed by atoms with E-state index in [1.54, 1.807) is 19.1 Å². The third kappa shape index (κ3) is 5.50. The van der Waals surface area contributed by atoms with Gasteiger partial charge in [0.15, 0.2) is 9.84 Å². The van der Waals surface area contributed by atoms with Crippen LogP contribution in [0, 0.1) is 11.3 Å². The lowest BCUT2D eigenvalue weighted by Crippen LogP contribution is -2.29. The van der Waals surface area contributed by atoms with E-state index in [9.17, 15) is 16.8 Å². The Kier molecular flexibility index (Phi) is 6.90. The zero-order valence-corrected chi connectivity index (χ0v) is 16.3. The van der Waals surface area contributed by atoms with Crippen molar-refractivity contribution in [1.82, 2.24) is 9.71 Å². The molecule has 0 bridgehead atoms. The van der Waals surface area contributed by atoms with Gasteiger partial charge in [-0.05, 0) is 42.8 Å². The van der Waals surface area contributed by atoms with E-state index in [4.69, 9.17) is 5.26 Å². The fraction of sp³-hybridized carbons (Fsp3) is 0.294. The molecule has 10 heteroatoms. The van der Waals surface area contributed by atoms with Crippen LogP contribution in [0.2, 0.25) is 0 Å². The first-order chi connectivity index (χ1) is 12.8. The lowest BCUT2D eigenvalue weighted by molar-refractivity contribution is 0.581. The Morgan fingerprint density at radius 2 is 1.70 bits per heavy atom. The van der Waals surface area contributed by atoms with Crippen molar-refractivity contribution in [3.05, 3.63) is 48.2 Å². The van der Waals surface area contributed by atoms with Gasteiger partial charge in [0.1, 0.15) is 11.9 Å². The molecule has 0 radical (unpaired) electrons. The van der Waals surface area contributed by atoms with Gasteiger partial charge in [-0.2, -0.15) is 5.26 Å². The number of aromatic nitrogens is 1. The number of anilines is 1. The summed E-state index contributed by atoms with van der Waals surface area (Å²) in [5.74, 6) is 0.394. The fourth-order valence-electron chi connectivity index (χ4n) is 2.30. The van der Waals surface area contributed by atoms with Gasteiger partial charge in [-0.15, -0.1) is 0 Å². The minimum Gasteiger partial charge on any atom is -0.368 e. The predicted octanol–water partition coefficient (Wildman–Crippen LogP) is 1.53. The van der Waals surface area contributed by atoms with Crippen molar-refractivity contribution in [2.24, 2.45) is 0 Å². The van der Waals surface area contributed by atoms with Gasteiger partial charge < -0.3 is 5.32 Å². The third-order valence-electron chi connectivity index (χ3n) is 3.60. The molecule has 0 unspecified atom stereocenters. The van der Waals surface area contributed by atoms with Crippen molar-refractivity contribution in [2.45, 2.75) is 23.1 Å². The van der Waals surface area contributed by atoms with Crippen molar-refractivity contribution >= 4 is 25.7 Å². The summed E-state index contributed by atoms with van der Waals surface area (Å²) in [4.78, 5) is 4.10. The van der Waals surface area contributed by atoms with E-state index < -0.39 is 19.9 Å². The zero-order chi connectivity index (χ0) is 19.9. The summed E-state index contributed by atoms with van der Waals surface area (Å²) >= 11 is 0. The van der Waals surface area contributed by atoms with Crippen molar-refractivity contribution in [2.75, 3.05) is 24.2 Å². The largest absolute Gasteiger partial charge is 0.368 e. The van der Waals surface area contributed by atoms with E-state index in [0.717, 1.165) is 0 Å². The molecule has 0 saturated carbocycles. The number of rotatable bonds is 9. The number of nitrogens with zero attached hydrogens (tertiary/aromatic N) is 2. The van der Waals surface area contributed by atoms with E-state index in [0.29, 0.717) is 17.8 Å². The van der Waals surface area contributed by atoms with Crippen LogP contribution in [-0.4, -0.2) is 40.7 Å². The third-order valence-corrected chi connectivity index (χ3v) is 7.02. The first-order valence-corrected chi connectivity index (χ1v) is 11.3. The highest BCUT2D eigenvalue weighted by atomic mass is 32.2. The van der Waals surface area contributed by atoms with Crippen LogP contribution in [0.1, 0.15) is 18.9 Å². The standard InChI is InChI=1S/C17H20N4O4S2/c1-2-12-26(22,23)15-5-7-16(8-6-15)27(24,25)21-11-10-20-17-14(13-18)4-3-9-19-17/h3-9,21H,2,10-12H2,1H3,(H,19,20). The van der Waals surface area contributed by atoms with E-state index in [-0.39, 0.29) is 28.6 Å². The maximum Gasteiger partial charge on any atom is 0.240 e. The molecule has 0 atom stereocenters. The molecule has 2 N–H and O–H groups in total. The van der Waals surface area contributed by atoms with Crippen LogP contribution in [0.3, 0.4) is 0 Å². The summed E-state index contributed by atoms with van der Waals surface area (Å²) < 4.78 is 51.0. The molecule has 2 aromatic rings. The highest BCUT2D eigenvalue weighted by Gasteiger charge is 2.17. The lowest BCUT2D eigenvalue weighted by atomic mass is 10.3. The Hall–Kier alpha value is -2.48. The van der Waals surface area contributed by atoms with E-state index in [2.05, 4.69) is 15.0 Å². The van der Waals surface area contributed by atoms with Crippen LogP contribution in [0.4, 0.5) is 5.82 Å². The fourth-order valence-corrected chi connectivity index (χ4v) is 4.65. The number of nitriles is 1. The van der Waals surface area contributed by atoms with Gasteiger partial charge in [0.05, 0.1) is 21.1 Å². The summed E-state index contributed by atoms with van der Waals surface area (Å²) in [5.41, 5.74) is 0.365. The molecule has 0 spiro atoms. The van der Waals surface area contributed by atoms with Gasteiger partial charge in [0.2, 0.25) is 10.0 Å². The number of sulfone groups is 1. The van der Waals surface area contributed by atoms with Crippen molar-refractivity contribution < 1.29 is 16.8 Å². The number of hydrogen-bond donors (Lipinski definition) is 2. The molecule has 0 saturated heterocycles. The van der Waals surface area contributed by atoms with Crippen LogP contribution < -0.4 is 10.0 Å². The molecule has 8 nitrogen and oxygen atoms in total. The van der Waals surface area contributed by atoms with Gasteiger partial charge in [-0.25, -0.2) is 26.5 Å². The Labute approximate surface area is 159 Å². The molecule has 27 heavy (non-hydrogen) atoms. The lowest BCUT2D eigenvalue weighted by Gasteiger charge is -2.10. The smallest absolute Gasteiger partial charge is 0.240 e. The predicted molar refractivity (Wildman–Crippen MR) is 101 cm³/mol. The second kappa shape index (κ2) is 8.94. The summed E-state index contributed by atoms with van der Waals surface area (Å²) in [5, 5.41) is 11.9.